The van der Waals surface area contributed by atoms with Gasteiger partial charge >= 0.3 is 0 Å². The van der Waals surface area contributed by atoms with Crippen LogP contribution in [0.2, 0.25) is 0 Å². The van der Waals surface area contributed by atoms with Gasteiger partial charge in [-0.1, -0.05) is 30.3 Å². The quantitative estimate of drug-likeness (QED) is 0.185. The van der Waals surface area contributed by atoms with Gasteiger partial charge in [-0.2, -0.15) is 5.10 Å². The standard InChI is InChI=1S/C25H26N4O6S/c1-3-29(4-2)20-12-10-18(11-13-20)16-22(27-24(30)19-8-6-5-7-9-19)25(31)28-26-17-21-14-15-23(35-21)36(32,33)34/h5-17H,3-4H2,1-2H3,(H,27,30)(H,28,31)(H,32,33,34)/p-1/b22-16+,26-17-. The largest absolute Gasteiger partial charge is 0.742 e. The Labute approximate surface area is 209 Å². The topological polar surface area (TPSA) is 144 Å². The molecule has 188 valence electrons. The molecule has 3 aromatic rings. The molecule has 11 heteroatoms. The highest BCUT2D eigenvalue weighted by Crippen LogP contribution is 2.17. The van der Waals surface area contributed by atoms with Crippen molar-refractivity contribution >= 4 is 39.9 Å². The minimum Gasteiger partial charge on any atom is -0.742 e. The van der Waals surface area contributed by atoms with Crippen LogP contribution in [0.15, 0.2) is 87.0 Å². The number of amides is 2. The molecule has 0 saturated carbocycles. The highest BCUT2D eigenvalue weighted by molar-refractivity contribution is 7.85. The van der Waals surface area contributed by atoms with Crippen LogP contribution in [-0.4, -0.2) is 44.1 Å². The molecule has 2 amide bonds. The molecular formula is C25H25N4O6S-. The molecule has 0 aliphatic carbocycles. The van der Waals surface area contributed by atoms with Crippen molar-refractivity contribution < 1.29 is 27.0 Å². The predicted octanol–water partition coefficient (Wildman–Crippen LogP) is 2.95. The Kier molecular flexibility index (Phi) is 8.76. The second-order valence-electron chi connectivity index (χ2n) is 7.45. The normalized spacial score (nSPS) is 11.9. The van der Waals surface area contributed by atoms with Gasteiger partial charge < -0.3 is 19.2 Å². The maximum Gasteiger partial charge on any atom is 0.287 e. The van der Waals surface area contributed by atoms with E-state index in [4.69, 9.17) is 4.42 Å². The minimum atomic E-state index is -4.75. The molecule has 0 bridgehead atoms. The van der Waals surface area contributed by atoms with Crippen molar-refractivity contribution in [1.29, 1.82) is 0 Å². The Morgan fingerprint density at radius 1 is 1.00 bits per heavy atom. The Balaban J connectivity index is 1.82. The number of nitrogens with one attached hydrogen (secondary N) is 2. The molecule has 36 heavy (non-hydrogen) atoms. The van der Waals surface area contributed by atoms with E-state index >= 15 is 0 Å². The van der Waals surface area contributed by atoms with Crippen molar-refractivity contribution in [1.82, 2.24) is 10.7 Å². The molecule has 2 aromatic carbocycles. The highest BCUT2D eigenvalue weighted by atomic mass is 32.2. The van der Waals surface area contributed by atoms with Crippen LogP contribution in [0.25, 0.3) is 6.08 Å². The first-order valence-corrected chi connectivity index (χ1v) is 12.4. The lowest BCUT2D eigenvalue weighted by Crippen LogP contribution is -2.32. The number of furan rings is 1. The second kappa shape index (κ2) is 12.0. The zero-order valence-electron chi connectivity index (χ0n) is 19.7. The second-order valence-corrected chi connectivity index (χ2v) is 8.76. The zero-order chi connectivity index (χ0) is 26.1. The van der Waals surface area contributed by atoms with Gasteiger partial charge in [0.05, 0.1) is 6.21 Å². The Morgan fingerprint density at radius 2 is 1.67 bits per heavy atom. The molecule has 3 rings (SSSR count). The number of carbonyl (C=O) groups excluding carboxylic acids is 2. The number of hydrogen-bond donors (Lipinski definition) is 2. The van der Waals surface area contributed by atoms with Gasteiger partial charge in [0.2, 0.25) is 5.09 Å². The molecule has 0 saturated heterocycles. The van der Waals surface area contributed by atoms with E-state index in [9.17, 15) is 22.6 Å². The summed E-state index contributed by atoms with van der Waals surface area (Å²) in [6.45, 7) is 5.82. The molecule has 10 nitrogen and oxygen atoms in total. The molecule has 0 atom stereocenters. The molecule has 0 radical (unpaired) electrons. The van der Waals surface area contributed by atoms with Crippen LogP contribution in [0, 0.1) is 0 Å². The fourth-order valence-electron chi connectivity index (χ4n) is 3.23. The van der Waals surface area contributed by atoms with E-state index in [1.807, 2.05) is 24.3 Å². The maximum atomic E-state index is 12.8. The van der Waals surface area contributed by atoms with Crippen LogP contribution in [0.5, 0.6) is 0 Å². The SMILES string of the molecule is CCN(CC)c1ccc(/C=C(/NC(=O)c2ccccc2)C(=O)N/N=C\c2ccc(S(=O)(=O)[O-])o2)cc1. The van der Waals surface area contributed by atoms with E-state index in [1.165, 1.54) is 12.1 Å². The molecule has 0 unspecified atom stereocenters. The molecule has 0 fully saturated rings. The van der Waals surface area contributed by atoms with Gasteiger partial charge in [-0.3, -0.25) is 9.59 Å². The number of carbonyl (C=O) groups is 2. The summed E-state index contributed by atoms with van der Waals surface area (Å²) < 4.78 is 37.8. The number of anilines is 1. The summed E-state index contributed by atoms with van der Waals surface area (Å²) in [5.74, 6) is -1.28. The van der Waals surface area contributed by atoms with Crippen LogP contribution in [0.1, 0.15) is 35.5 Å². The van der Waals surface area contributed by atoms with Crippen LogP contribution < -0.4 is 15.6 Å². The molecular weight excluding hydrogens is 484 g/mol. The molecule has 0 aliphatic heterocycles. The van der Waals surface area contributed by atoms with E-state index < -0.39 is 27.0 Å². The average molecular weight is 510 g/mol. The summed E-state index contributed by atoms with van der Waals surface area (Å²) in [5, 5.41) is 5.56. The van der Waals surface area contributed by atoms with Gasteiger partial charge in [-0.15, -0.1) is 0 Å². The summed E-state index contributed by atoms with van der Waals surface area (Å²) >= 11 is 0. The van der Waals surface area contributed by atoms with E-state index in [2.05, 4.69) is 34.6 Å². The number of nitrogens with zero attached hydrogens (tertiary/aromatic N) is 2. The molecule has 1 aromatic heterocycles. The minimum absolute atomic E-state index is 0.0597. The van der Waals surface area contributed by atoms with Gasteiger partial charge in [0.1, 0.15) is 11.5 Å². The first kappa shape index (κ1) is 26.4. The maximum absolute atomic E-state index is 12.8. The highest BCUT2D eigenvalue weighted by Gasteiger charge is 2.15. The third kappa shape index (κ3) is 7.14. The molecule has 1 heterocycles. The number of hydrogen-bond acceptors (Lipinski definition) is 8. The van der Waals surface area contributed by atoms with Gasteiger partial charge in [0, 0.05) is 24.3 Å². The van der Waals surface area contributed by atoms with Crippen molar-refractivity contribution in [2.45, 2.75) is 18.9 Å². The fraction of sp³-hybridized carbons (Fsp3) is 0.160. The lowest BCUT2D eigenvalue weighted by Gasteiger charge is -2.20. The number of hydrazone groups is 1. The van der Waals surface area contributed by atoms with Gasteiger partial charge in [-0.25, -0.2) is 13.8 Å². The first-order valence-electron chi connectivity index (χ1n) is 11.0. The van der Waals surface area contributed by atoms with Crippen molar-refractivity contribution in [3.8, 4) is 0 Å². The van der Waals surface area contributed by atoms with E-state index in [1.54, 1.807) is 30.3 Å². The lowest BCUT2D eigenvalue weighted by molar-refractivity contribution is -0.117. The summed E-state index contributed by atoms with van der Waals surface area (Å²) in [6, 6.07) is 18.1. The van der Waals surface area contributed by atoms with Crippen molar-refractivity contribution in [2.24, 2.45) is 5.10 Å². The zero-order valence-corrected chi connectivity index (χ0v) is 20.5. The first-order chi connectivity index (χ1) is 17.2. The van der Waals surface area contributed by atoms with Crippen LogP contribution >= 0.6 is 0 Å². The smallest absolute Gasteiger partial charge is 0.287 e. The van der Waals surface area contributed by atoms with E-state index in [-0.39, 0.29) is 11.5 Å². The van der Waals surface area contributed by atoms with E-state index in [0.29, 0.717) is 11.1 Å². The summed E-state index contributed by atoms with van der Waals surface area (Å²) in [6.07, 6.45) is 2.54. The lowest BCUT2D eigenvalue weighted by atomic mass is 10.1. The Hall–Kier alpha value is -4.22. The third-order valence-electron chi connectivity index (χ3n) is 5.07. The summed E-state index contributed by atoms with van der Waals surface area (Å²) in [5.41, 5.74) is 4.24. The average Bonchev–Trinajstić information content (AvgIpc) is 3.35. The summed E-state index contributed by atoms with van der Waals surface area (Å²) in [4.78, 5) is 27.7. The monoisotopic (exact) mass is 509 g/mol. The van der Waals surface area contributed by atoms with Crippen LogP contribution in [0.3, 0.4) is 0 Å². The van der Waals surface area contributed by atoms with Gasteiger partial charge in [0.25, 0.3) is 11.8 Å². The molecule has 0 spiro atoms. The fourth-order valence-corrected chi connectivity index (χ4v) is 3.67. The summed E-state index contributed by atoms with van der Waals surface area (Å²) in [7, 11) is -4.75. The predicted molar refractivity (Wildman–Crippen MR) is 134 cm³/mol. The molecule has 2 N–H and O–H groups in total. The van der Waals surface area contributed by atoms with Gasteiger partial charge in [-0.05, 0) is 61.9 Å². The third-order valence-corrected chi connectivity index (χ3v) is 5.78. The Bertz CT molecular complexity index is 1360. The molecule has 0 aliphatic rings. The van der Waals surface area contributed by atoms with Crippen molar-refractivity contribution in [3.63, 3.8) is 0 Å². The number of rotatable bonds is 10. The van der Waals surface area contributed by atoms with E-state index in [0.717, 1.165) is 31.1 Å². The van der Waals surface area contributed by atoms with Gasteiger partial charge in [0.15, 0.2) is 10.1 Å². The van der Waals surface area contributed by atoms with Crippen molar-refractivity contribution in [2.75, 3.05) is 18.0 Å². The van der Waals surface area contributed by atoms with Crippen LogP contribution in [0.4, 0.5) is 5.69 Å². The number of benzene rings is 2. The van der Waals surface area contributed by atoms with Crippen molar-refractivity contribution in [3.05, 3.63) is 89.3 Å². The van der Waals surface area contributed by atoms with Crippen LogP contribution in [-0.2, 0) is 14.9 Å². The Morgan fingerprint density at radius 3 is 2.25 bits per heavy atom.